The van der Waals surface area contributed by atoms with Crippen molar-refractivity contribution < 1.29 is 18.4 Å². The van der Waals surface area contributed by atoms with Gasteiger partial charge in [0.15, 0.2) is 11.5 Å². The van der Waals surface area contributed by atoms with E-state index in [0.29, 0.717) is 23.4 Å². The van der Waals surface area contributed by atoms with Crippen molar-refractivity contribution in [3.63, 3.8) is 0 Å². The van der Waals surface area contributed by atoms with Gasteiger partial charge in [0, 0.05) is 6.54 Å². The molecule has 20 heavy (non-hydrogen) atoms. The van der Waals surface area contributed by atoms with Gasteiger partial charge in [0.1, 0.15) is 5.60 Å². The number of halogens is 1. The summed E-state index contributed by atoms with van der Waals surface area (Å²) >= 11 is 3.25. The van der Waals surface area contributed by atoms with E-state index in [4.69, 9.17) is 13.6 Å². The van der Waals surface area contributed by atoms with Crippen molar-refractivity contribution in [3.05, 3.63) is 22.1 Å². The van der Waals surface area contributed by atoms with Gasteiger partial charge in [0.25, 0.3) is 0 Å². The Balaban J connectivity index is 2.22. The topological polar surface area (TPSA) is 72.9 Å². The number of carbonyl (C=O) groups excluding carboxylic acids is 1. The lowest BCUT2D eigenvalue weighted by atomic mass is 10.1. The molecule has 1 unspecified atom stereocenters. The van der Waals surface area contributed by atoms with Crippen LogP contribution in [-0.2, 0) is 10.1 Å². The van der Waals surface area contributed by atoms with Crippen molar-refractivity contribution in [2.45, 2.75) is 50.6 Å². The van der Waals surface area contributed by atoms with Gasteiger partial charge in [-0.15, -0.1) is 0 Å². The Morgan fingerprint density at radius 2 is 2.15 bits per heavy atom. The molecule has 1 aromatic heterocycles. The summed E-state index contributed by atoms with van der Waals surface area (Å²) in [6.45, 7) is 6.03. The number of carbonyl (C=O) groups is 1. The monoisotopic (exact) mass is 347 g/mol. The highest BCUT2D eigenvalue weighted by Crippen LogP contribution is 2.35. The molecule has 0 N–H and O–H groups in total. The van der Waals surface area contributed by atoms with E-state index in [-0.39, 0.29) is 6.04 Å². The van der Waals surface area contributed by atoms with Crippen LogP contribution in [0.2, 0.25) is 0 Å². The molecule has 2 heterocycles. The third kappa shape index (κ3) is 3.26. The van der Waals surface area contributed by atoms with E-state index >= 15 is 0 Å². The highest BCUT2D eigenvalue weighted by Gasteiger charge is 2.37. The van der Waals surface area contributed by atoms with E-state index in [1.54, 1.807) is 4.90 Å². The quantitative estimate of drug-likeness (QED) is 0.768. The molecular weight excluding hydrogens is 330 g/mol. The van der Waals surface area contributed by atoms with E-state index in [1.807, 2.05) is 20.8 Å². The lowest BCUT2D eigenvalue weighted by Gasteiger charge is -2.27. The minimum atomic E-state index is -0.745. The molecule has 0 aromatic carbocycles. The predicted molar refractivity (Wildman–Crippen MR) is 74.8 cm³/mol. The second-order valence-corrected chi connectivity index (χ2v) is 6.27. The summed E-state index contributed by atoms with van der Waals surface area (Å²) in [4.78, 5) is 25.0. The molecule has 1 atom stereocenters. The van der Waals surface area contributed by atoms with Gasteiger partial charge in [0.05, 0.1) is 11.4 Å². The first kappa shape index (κ1) is 15.2. The van der Waals surface area contributed by atoms with Crippen LogP contribution in [-0.4, -0.2) is 23.1 Å². The van der Waals surface area contributed by atoms with E-state index in [1.165, 1.54) is 0 Å². The Morgan fingerprint density at radius 3 is 2.75 bits per heavy atom. The molecule has 0 bridgehead atoms. The molecule has 1 aliphatic rings. The van der Waals surface area contributed by atoms with Crippen molar-refractivity contribution >= 4 is 22.0 Å². The van der Waals surface area contributed by atoms with Crippen LogP contribution >= 0.6 is 15.9 Å². The predicted octanol–water partition coefficient (Wildman–Crippen LogP) is 3.20. The summed E-state index contributed by atoms with van der Waals surface area (Å²) in [5.74, 6) is 0.0937. The van der Waals surface area contributed by atoms with Crippen LogP contribution in [0.25, 0.3) is 0 Å². The lowest BCUT2D eigenvalue weighted by molar-refractivity contribution is 0.0207. The van der Waals surface area contributed by atoms with Crippen LogP contribution in [0.5, 0.6) is 0 Å². The Bertz CT molecular complexity index is 542. The zero-order chi connectivity index (χ0) is 14.9. The number of amides is 1. The molecule has 112 valence electrons. The fraction of sp³-hybridized carbons (Fsp3) is 0.692. The third-order valence-electron chi connectivity index (χ3n) is 2.98. The Kier molecular flexibility index (Phi) is 4.27. The van der Waals surface area contributed by atoms with E-state index in [2.05, 4.69) is 15.9 Å². The maximum atomic E-state index is 12.2. The molecule has 1 fully saturated rings. The van der Waals surface area contributed by atoms with E-state index in [9.17, 15) is 9.59 Å². The number of hydrogen-bond acceptors (Lipinski definition) is 5. The summed E-state index contributed by atoms with van der Waals surface area (Å²) < 4.78 is 15.4. The third-order valence-corrected chi connectivity index (χ3v) is 3.49. The maximum Gasteiger partial charge on any atom is 0.519 e. The van der Waals surface area contributed by atoms with Crippen LogP contribution in [0.15, 0.2) is 13.6 Å². The Labute approximate surface area is 125 Å². The average Bonchev–Trinajstić information content (AvgIpc) is 2.91. The molecule has 0 radical (unpaired) electrons. The molecule has 6 nitrogen and oxygen atoms in total. The second kappa shape index (κ2) is 5.63. The SMILES string of the molecule is CC(C)(C)OC(=O)N1CCCC1c1oc(=O)oc1CBr. The number of hydrogen-bond donors (Lipinski definition) is 0. The Hall–Kier alpha value is -1.24. The first-order valence-corrected chi connectivity index (χ1v) is 7.62. The fourth-order valence-electron chi connectivity index (χ4n) is 2.24. The number of likely N-dealkylation sites (tertiary alicyclic amines) is 1. The summed E-state index contributed by atoms with van der Waals surface area (Å²) in [5.41, 5.74) is -0.556. The zero-order valence-electron chi connectivity index (χ0n) is 11.8. The first-order chi connectivity index (χ1) is 9.31. The molecule has 2 rings (SSSR count). The van der Waals surface area contributed by atoms with Gasteiger partial charge in [-0.05, 0) is 33.6 Å². The summed E-state index contributed by atoms with van der Waals surface area (Å²) in [7, 11) is 0. The molecule has 7 heteroatoms. The molecule has 0 aliphatic carbocycles. The first-order valence-electron chi connectivity index (χ1n) is 6.50. The van der Waals surface area contributed by atoms with Gasteiger partial charge in [-0.2, -0.15) is 0 Å². The minimum Gasteiger partial charge on any atom is -0.444 e. The van der Waals surface area contributed by atoms with E-state index < -0.39 is 17.5 Å². The van der Waals surface area contributed by atoms with Crippen molar-refractivity contribution in [2.24, 2.45) is 0 Å². The summed E-state index contributed by atoms with van der Waals surface area (Å²) in [6, 6.07) is -0.302. The average molecular weight is 348 g/mol. The largest absolute Gasteiger partial charge is 0.519 e. The second-order valence-electron chi connectivity index (χ2n) is 5.71. The zero-order valence-corrected chi connectivity index (χ0v) is 13.4. The van der Waals surface area contributed by atoms with Gasteiger partial charge in [-0.1, -0.05) is 15.9 Å². The molecule has 0 saturated carbocycles. The lowest BCUT2D eigenvalue weighted by Crippen LogP contribution is -2.36. The highest BCUT2D eigenvalue weighted by molar-refractivity contribution is 9.08. The fourth-order valence-corrected chi connectivity index (χ4v) is 2.63. The molecule has 1 saturated heterocycles. The van der Waals surface area contributed by atoms with Crippen molar-refractivity contribution in [1.29, 1.82) is 0 Å². The number of rotatable bonds is 2. The van der Waals surface area contributed by atoms with Gasteiger partial charge in [-0.3, -0.25) is 4.90 Å². The highest BCUT2D eigenvalue weighted by atomic mass is 79.9. The number of alkyl halides is 1. The van der Waals surface area contributed by atoms with Crippen molar-refractivity contribution in [3.8, 4) is 0 Å². The van der Waals surface area contributed by atoms with Crippen molar-refractivity contribution in [2.75, 3.05) is 6.54 Å². The Morgan fingerprint density at radius 1 is 1.45 bits per heavy atom. The molecule has 1 aliphatic heterocycles. The minimum absolute atomic E-state index is 0.302. The molecule has 1 aromatic rings. The van der Waals surface area contributed by atoms with Gasteiger partial charge in [-0.25, -0.2) is 9.59 Å². The van der Waals surface area contributed by atoms with Crippen molar-refractivity contribution in [1.82, 2.24) is 4.90 Å². The van der Waals surface area contributed by atoms with E-state index in [0.717, 1.165) is 12.8 Å². The normalized spacial score (nSPS) is 19.4. The van der Waals surface area contributed by atoms with Gasteiger partial charge >= 0.3 is 11.9 Å². The van der Waals surface area contributed by atoms with Crippen LogP contribution < -0.4 is 5.82 Å². The number of ether oxygens (including phenoxy) is 1. The molecule has 1 amide bonds. The summed E-state index contributed by atoms with van der Waals surface area (Å²) in [5, 5.41) is 0.368. The van der Waals surface area contributed by atoms with Crippen LogP contribution in [0, 0.1) is 0 Å². The maximum absolute atomic E-state index is 12.2. The smallest absolute Gasteiger partial charge is 0.444 e. The summed E-state index contributed by atoms with van der Waals surface area (Å²) in [6.07, 6.45) is 1.16. The van der Waals surface area contributed by atoms with Gasteiger partial charge < -0.3 is 13.6 Å². The van der Waals surface area contributed by atoms with Crippen LogP contribution in [0.4, 0.5) is 4.79 Å². The standard InChI is InChI=1S/C13H18BrNO5/c1-13(2,3)20-11(16)15-6-4-5-8(15)10-9(7-14)18-12(17)19-10/h8H,4-7H2,1-3H3. The van der Waals surface area contributed by atoms with Gasteiger partial charge in [0.2, 0.25) is 0 Å². The van der Waals surface area contributed by atoms with Crippen LogP contribution in [0.1, 0.15) is 51.2 Å². The molecular formula is C13H18BrNO5. The number of nitrogens with zero attached hydrogens (tertiary/aromatic N) is 1. The van der Waals surface area contributed by atoms with Crippen LogP contribution in [0.3, 0.4) is 0 Å². The molecule has 0 spiro atoms.